The Morgan fingerprint density at radius 2 is 1.58 bits per heavy atom. The molecule has 0 radical (unpaired) electrons. The first kappa shape index (κ1) is 14.2. The number of aryl methyl sites for hydroxylation is 1. The van der Waals surface area contributed by atoms with E-state index >= 15 is 0 Å². The van der Waals surface area contributed by atoms with Gasteiger partial charge in [-0.25, -0.2) is 4.98 Å². The monoisotopic (exact) mass is 315 g/mol. The summed E-state index contributed by atoms with van der Waals surface area (Å²) < 4.78 is 5.79. The summed E-state index contributed by atoms with van der Waals surface area (Å²) in [4.78, 5) is 13.1. The molecule has 0 aliphatic carbocycles. The van der Waals surface area contributed by atoms with Crippen LogP contribution in [-0.2, 0) is 0 Å². The topological polar surface area (TPSA) is 77.6 Å². The summed E-state index contributed by atoms with van der Waals surface area (Å²) in [6.07, 6.45) is 5.16. The van der Waals surface area contributed by atoms with E-state index in [9.17, 15) is 0 Å². The number of aromatic nitrogens is 5. The van der Waals surface area contributed by atoms with Crippen LogP contribution in [-0.4, -0.2) is 25.1 Å². The van der Waals surface area contributed by atoms with Gasteiger partial charge in [-0.2, -0.15) is 0 Å². The van der Waals surface area contributed by atoms with E-state index in [1.165, 1.54) is 0 Å². The lowest BCUT2D eigenvalue weighted by Crippen LogP contribution is -1.95. The molecule has 116 valence electrons. The molecule has 0 fully saturated rings. The minimum Gasteiger partial charge on any atom is -0.415 e. The van der Waals surface area contributed by atoms with Crippen LogP contribution in [0.2, 0.25) is 0 Å². The highest BCUT2D eigenvalue weighted by Crippen LogP contribution is 2.26. The number of hydrogen-bond donors (Lipinski definition) is 0. The third-order valence-electron chi connectivity index (χ3n) is 3.58. The molecule has 0 amide bonds. The fraction of sp³-hybridized carbons (Fsp3) is 0.0556. The van der Waals surface area contributed by atoms with Gasteiger partial charge in [0.15, 0.2) is 0 Å². The summed E-state index contributed by atoms with van der Waals surface area (Å²) >= 11 is 0. The van der Waals surface area contributed by atoms with Gasteiger partial charge in [0.05, 0.1) is 17.6 Å². The minimum absolute atomic E-state index is 0.356. The molecule has 0 aliphatic heterocycles. The van der Waals surface area contributed by atoms with Crippen molar-refractivity contribution in [3.8, 4) is 34.3 Å². The lowest BCUT2D eigenvalue weighted by Gasteiger charge is -2.04. The number of hydrogen-bond acceptors (Lipinski definition) is 6. The highest BCUT2D eigenvalue weighted by Gasteiger charge is 2.15. The molecule has 1 aromatic carbocycles. The lowest BCUT2D eigenvalue weighted by atomic mass is 10.2. The third-order valence-corrected chi connectivity index (χ3v) is 3.58. The molecule has 0 bridgehead atoms. The molecule has 6 nitrogen and oxygen atoms in total. The van der Waals surface area contributed by atoms with Crippen LogP contribution in [0.4, 0.5) is 0 Å². The van der Waals surface area contributed by atoms with Crippen LogP contribution in [0.25, 0.3) is 34.3 Å². The Labute approximate surface area is 138 Å². The van der Waals surface area contributed by atoms with Gasteiger partial charge in [0, 0.05) is 23.5 Å². The van der Waals surface area contributed by atoms with Crippen molar-refractivity contribution in [2.24, 2.45) is 0 Å². The number of benzene rings is 1. The average molecular weight is 315 g/mol. The third kappa shape index (κ3) is 2.65. The zero-order valence-electron chi connectivity index (χ0n) is 12.9. The molecule has 0 atom stereocenters. The van der Waals surface area contributed by atoms with Gasteiger partial charge in [-0.3, -0.25) is 9.97 Å². The average Bonchev–Trinajstić information content (AvgIpc) is 3.13. The molecule has 3 aromatic heterocycles. The van der Waals surface area contributed by atoms with Gasteiger partial charge < -0.3 is 4.42 Å². The number of pyridine rings is 1. The van der Waals surface area contributed by atoms with Crippen molar-refractivity contribution in [3.63, 3.8) is 0 Å². The van der Waals surface area contributed by atoms with Crippen LogP contribution in [0.1, 0.15) is 5.69 Å². The first-order chi connectivity index (χ1) is 11.8. The second-order valence-electron chi connectivity index (χ2n) is 5.20. The summed E-state index contributed by atoms with van der Waals surface area (Å²) in [6, 6.07) is 13.4. The highest BCUT2D eigenvalue weighted by atomic mass is 16.4. The molecule has 0 spiro atoms. The number of rotatable bonds is 3. The van der Waals surface area contributed by atoms with Gasteiger partial charge in [0.2, 0.25) is 5.89 Å². The van der Waals surface area contributed by atoms with E-state index in [2.05, 4.69) is 25.1 Å². The van der Waals surface area contributed by atoms with Crippen molar-refractivity contribution in [2.75, 3.05) is 0 Å². The maximum absolute atomic E-state index is 5.79. The van der Waals surface area contributed by atoms with E-state index in [1.807, 2.05) is 49.4 Å². The van der Waals surface area contributed by atoms with Crippen molar-refractivity contribution in [2.45, 2.75) is 6.92 Å². The molecule has 0 saturated carbocycles. The molecule has 0 unspecified atom stereocenters. The standard InChI is InChI=1S/C18H13N5O/c1-12-16(21-15(11-20-12)13-7-9-19-10-8-13)18-23-22-17(24-18)14-5-3-2-4-6-14/h2-11H,1H3. The van der Waals surface area contributed by atoms with Crippen molar-refractivity contribution >= 4 is 0 Å². The second-order valence-corrected chi connectivity index (χ2v) is 5.20. The fourth-order valence-electron chi connectivity index (χ4n) is 2.33. The van der Waals surface area contributed by atoms with Crippen LogP contribution < -0.4 is 0 Å². The van der Waals surface area contributed by atoms with Crippen molar-refractivity contribution in [3.05, 3.63) is 66.7 Å². The Hall–Kier alpha value is -3.41. The normalized spacial score (nSPS) is 10.7. The Morgan fingerprint density at radius 3 is 2.38 bits per heavy atom. The van der Waals surface area contributed by atoms with Gasteiger partial charge in [-0.1, -0.05) is 18.2 Å². The van der Waals surface area contributed by atoms with E-state index in [-0.39, 0.29) is 0 Å². The first-order valence-corrected chi connectivity index (χ1v) is 7.44. The van der Waals surface area contributed by atoms with Crippen molar-refractivity contribution < 1.29 is 4.42 Å². The lowest BCUT2D eigenvalue weighted by molar-refractivity contribution is 0.581. The highest BCUT2D eigenvalue weighted by molar-refractivity contribution is 5.62. The first-order valence-electron chi connectivity index (χ1n) is 7.44. The molecule has 6 heteroatoms. The van der Waals surface area contributed by atoms with Gasteiger partial charge in [-0.15, -0.1) is 10.2 Å². The Balaban J connectivity index is 1.76. The number of nitrogens with zero attached hydrogens (tertiary/aromatic N) is 5. The van der Waals surface area contributed by atoms with Gasteiger partial charge in [-0.05, 0) is 31.2 Å². The molecule has 3 heterocycles. The summed E-state index contributed by atoms with van der Waals surface area (Å²) in [5.41, 5.74) is 3.85. The summed E-state index contributed by atoms with van der Waals surface area (Å²) in [7, 11) is 0. The van der Waals surface area contributed by atoms with Crippen molar-refractivity contribution in [1.29, 1.82) is 0 Å². The van der Waals surface area contributed by atoms with E-state index in [0.29, 0.717) is 17.5 Å². The van der Waals surface area contributed by atoms with Crippen LogP contribution in [0.5, 0.6) is 0 Å². The van der Waals surface area contributed by atoms with Gasteiger partial charge in [0.1, 0.15) is 5.69 Å². The van der Waals surface area contributed by atoms with E-state index in [1.54, 1.807) is 18.6 Å². The molecule has 0 N–H and O–H groups in total. The Bertz CT molecular complexity index is 967. The zero-order valence-corrected chi connectivity index (χ0v) is 12.9. The predicted octanol–water partition coefficient (Wildman–Crippen LogP) is 3.56. The minimum atomic E-state index is 0.356. The molecular weight excluding hydrogens is 302 g/mol. The van der Waals surface area contributed by atoms with Gasteiger partial charge in [0.25, 0.3) is 5.89 Å². The molecule has 24 heavy (non-hydrogen) atoms. The summed E-state index contributed by atoms with van der Waals surface area (Å²) in [5.74, 6) is 0.816. The predicted molar refractivity (Wildman–Crippen MR) is 88.7 cm³/mol. The molecular formula is C18H13N5O. The van der Waals surface area contributed by atoms with E-state index < -0.39 is 0 Å². The van der Waals surface area contributed by atoms with Crippen molar-refractivity contribution in [1.82, 2.24) is 25.1 Å². The molecule has 4 aromatic rings. The van der Waals surface area contributed by atoms with E-state index in [4.69, 9.17) is 4.42 Å². The maximum atomic E-state index is 5.79. The Kier molecular flexibility index (Phi) is 3.55. The zero-order chi connectivity index (χ0) is 16.4. The SMILES string of the molecule is Cc1ncc(-c2ccncc2)nc1-c1nnc(-c2ccccc2)o1. The molecule has 0 saturated heterocycles. The summed E-state index contributed by atoms with van der Waals surface area (Å²) in [5, 5.41) is 8.24. The quantitative estimate of drug-likeness (QED) is 0.575. The van der Waals surface area contributed by atoms with Crippen LogP contribution in [0.15, 0.2) is 65.5 Å². The summed E-state index contributed by atoms with van der Waals surface area (Å²) in [6.45, 7) is 1.87. The fourth-order valence-corrected chi connectivity index (χ4v) is 2.33. The van der Waals surface area contributed by atoms with Crippen LogP contribution in [0.3, 0.4) is 0 Å². The molecule has 0 aliphatic rings. The van der Waals surface area contributed by atoms with Gasteiger partial charge >= 0.3 is 0 Å². The maximum Gasteiger partial charge on any atom is 0.268 e. The Morgan fingerprint density at radius 1 is 0.833 bits per heavy atom. The second kappa shape index (κ2) is 6.00. The van der Waals surface area contributed by atoms with Crippen LogP contribution >= 0.6 is 0 Å². The molecule has 4 rings (SSSR count). The van der Waals surface area contributed by atoms with E-state index in [0.717, 1.165) is 22.5 Å². The largest absolute Gasteiger partial charge is 0.415 e. The smallest absolute Gasteiger partial charge is 0.268 e. The van der Waals surface area contributed by atoms with Crippen LogP contribution in [0, 0.1) is 6.92 Å².